The molecule has 0 aromatic heterocycles. The van der Waals surface area contributed by atoms with Crippen LogP contribution in [0.5, 0.6) is 0 Å². The Morgan fingerprint density at radius 2 is 2.21 bits per heavy atom. The number of hydrogen-bond acceptors (Lipinski definition) is 2. The Bertz CT molecular complexity index is 454. The first kappa shape index (κ1) is 11.4. The molecule has 0 saturated carbocycles. The maximum absolute atomic E-state index is 13.3. The van der Waals surface area contributed by atoms with Gasteiger partial charge in [0.1, 0.15) is 5.82 Å². The molecule has 0 amide bonds. The number of nitrogens with zero attached hydrogens (tertiary/aromatic N) is 1. The van der Waals surface area contributed by atoms with Crippen LogP contribution in [-0.4, -0.2) is 0 Å². The van der Waals surface area contributed by atoms with Crippen molar-refractivity contribution in [1.82, 2.24) is 0 Å². The summed E-state index contributed by atoms with van der Waals surface area (Å²) in [5, 5.41) is 11.4. The number of nitriles is 1. The molecule has 4 heteroatoms. The van der Waals surface area contributed by atoms with E-state index in [1.165, 1.54) is 21.1 Å². The van der Waals surface area contributed by atoms with Gasteiger partial charge in [0.2, 0.25) is 0 Å². The van der Waals surface area contributed by atoms with E-state index in [1.54, 1.807) is 6.92 Å². The van der Waals surface area contributed by atoms with Crippen LogP contribution in [0.3, 0.4) is 0 Å². The highest BCUT2D eigenvalue weighted by molar-refractivity contribution is 14.2. The Hall–Kier alpha value is -0.720. The molecule has 0 aliphatic carbocycles. The number of hydrogen-bond donors (Lipinski definition) is 0. The zero-order valence-corrected chi connectivity index (χ0v) is 10.2. The molecular formula is C10H5FINS. The van der Waals surface area contributed by atoms with Gasteiger partial charge in [-0.25, -0.2) is 4.39 Å². The third-order valence-corrected chi connectivity index (χ3v) is 2.59. The minimum Gasteiger partial charge on any atom is -0.206 e. The minimum absolute atomic E-state index is 0.313. The van der Waals surface area contributed by atoms with Crippen LogP contribution in [0.25, 0.3) is 0 Å². The first-order valence-corrected chi connectivity index (χ1v) is 7.04. The predicted octanol–water partition coefficient (Wildman–Crippen LogP) is 3.40. The molecule has 0 radical (unpaired) electrons. The van der Waals surface area contributed by atoms with E-state index in [9.17, 15) is 4.39 Å². The summed E-state index contributed by atoms with van der Waals surface area (Å²) in [7, 11) is 1.29. The third-order valence-electron chi connectivity index (χ3n) is 1.75. The monoisotopic (exact) mass is 317 g/mol. The van der Waals surface area contributed by atoms with Gasteiger partial charge in [-0.1, -0.05) is 5.92 Å². The van der Waals surface area contributed by atoms with Gasteiger partial charge in [-0.05, 0) is 38.8 Å². The van der Waals surface area contributed by atoms with Crippen molar-refractivity contribution in [2.45, 2.75) is 6.92 Å². The van der Waals surface area contributed by atoms with Crippen LogP contribution >= 0.6 is 30.1 Å². The molecule has 0 saturated heterocycles. The van der Waals surface area contributed by atoms with Crippen LogP contribution in [0.1, 0.15) is 16.7 Å². The number of benzene rings is 1. The van der Waals surface area contributed by atoms with Gasteiger partial charge in [0.05, 0.1) is 17.2 Å². The summed E-state index contributed by atoms with van der Waals surface area (Å²) in [4.78, 5) is 0. The van der Waals surface area contributed by atoms with Crippen LogP contribution in [0.2, 0.25) is 0 Å². The standard InChI is InChI=1S/C10H5FINS/c1-7-8(6-13)2-3-10(11)9(7)4-5-14-12/h2-3H,1H3. The van der Waals surface area contributed by atoms with E-state index in [-0.39, 0.29) is 5.82 Å². The van der Waals surface area contributed by atoms with E-state index in [0.717, 1.165) is 0 Å². The van der Waals surface area contributed by atoms with Crippen molar-refractivity contribution < 1.29 is 4.39 Å². The Morgan fingerprint density at radius 1 is 1.50 bits per heavy atom. The zero-order valence-electron chi connectivity index (χ0n) is 7.27. The molecule has 14 heavy (non-hydrogen) atoms. The Kier molecular flexibility index (Phi) is 4.24. The fourth-order valence-corrected chi connectivity index (χ4v) is 1.49. The van der Waals surface area contributed by atoms with Gasteiger partial charge in [0, 0.05) is 21.2 Å². The second kappa shape index (κ2) is 5.23. The molecule has 1 nitrogen and oxygen atoms in total. The van der Waals surface area contributed by atoms with Crippen molar-refractivity contribution >= 4 is 30.1 Å². The van der Waals surface area contributed by atoms with Crippen molar-refractivity contribution in [3.05, 3.63) is 34.6 Å². The fourth-order valence-electron chi connectivity index (χ4n) is 1.02. The topological polar surface area (TPSA) is 23.8 Å². The lowest BCUT2D eigenvalue weighted by atomic mass is 10.0. The summed E-state index contributed by atoms with van der Waals surface area (Å²) >= 11 is 2.01. The quantitative estimate of drug-likeness (QED) is 0.541. The van der Waals surface area contributed by atoms with Gasteiger partial charge in [-0.3, -0.25) is 0 Å². The first-order chi connectivity index (χ1) is 6.70. The summed E-state index contributed by atoms with van der Waals surface area (Å²) in [6.07, 6.45) is 0. The van der Waals surface area contributed by atoms with Gasteiger partial charge in [0.15, 0.2) is 0 Å². The summed E-state index contributed by atoms with van der Waals surface area (Å²) in [5.74, 6) is 2.31. The van der Waals surface area contributed by atoms with Crippen LogP contribution in [-0.2, 0) is 0 Å². The lowest BCUT2D eigenvalue weighted by Crippen LogP contribution is -1.92. The number of halogens is 2. The normalized spacial score (nSPS) is 8.71. The van der Waals surface area contributed by atoms with Gasteiger partial charge >= 0.3 is 0 Å². The summed E-state index contributed by atoms with van der Waals surface area (Å²) in [6, 6.07) is 4.73. The lowest BCUT2D eigenvalue weighted by molar-refractivity contribution is 0.623. The smallest absolute Gasteiger partial charge is 0.139 e. The molecule has 0 N–H and O–H groups in total. The second-order valence-corrected chi connectivity index (χ2v) is 4.19. The Balaban J connectivity index is 3.34. The predicted molar refractivity (Wildman–Crippen MR) is 64.3 cm³/mol. The molecule has 1 rings (SSSR count). The summed E-state index contributed by atoms with van der Waals surface area (Å²) < 4.78 is 13.3. The van der Waals surface area contributed by atoms with Crippen molar-refractivity contribution in [2.75, 3.05) is 0 Å². The third kappa shape index (κ3) is 2.40. The molecule has 0 spiro atoms. The molecule has 70 valence electrons. The molecule has 1 aromatic carbocycles. The van der Waals surface area contributed by atoms with E-state index in [1.807, 2.05) is 27.3 Å². The SMILES string of the molecule is Cc1c(C#N)ccc(F)c1C#CSI. The summed E-state index contributed by atoms with van der Waals surface area (Å²) in [5.41, 5.74) is 1.38. The van der Waals surface area contributed by atoms with E-state index in [2.05, 4.69) is 11.2 Å². The molecule has 0 fully saturated rings. The van der Waals surface area contributed by atoms with E-state index >= 15 is 0 Å². The van der Waals surface area contributed by atoms with Gasteiger partial charge in [-0.2, -0.15) is 5.26 Å². The van der Waals surface area contributed by atoms with Crippen LogP contribution in [0.4, 0.5) is 4.39 Å². The Morgan fingerprint density at radius 3 is 2.79 bits per heavy atom. The summed E-state index contributed by atoms with van der Waals surface area (Å²) in [6.45, 7) is 1.70. The van der Waals surface area contributed by atoms with Gasteiger partial charge in [-0.15, -0.1) is 0 Å². The average molecular weight is 317 g/mol. The van der Waals surface area contributed by atoms with Crippen molar-refractivity contribution in [2.24, 2.45) is 0 Å². The maximum atomic E-state index is 13.3. The van der Waals surface area contributed by atoms with E-state index < -0.39 is 0 Å². The zero-order chi connectivity index (χ0) is 10.6. The molecule has 1 aromatic rings. The highest BCUT2D eigenvalue weighted by atomic mass is 127. The van der Waals surface area contributed by atoms with Crippen LogP contribution in [0.15, 0.2) is 12.1 Å². The highest BCUT2D eigenvalue weighted by Crippen LogP contribution is 2.17. The molecule has 0 atom stereocenters. The maximum Gasteiger partial charge on any atom is 0.139 e. The molecule has 0 aliphatic rings. The van der Waals surface area contributed by atoms with E-state index in [0.29, 0.717) is 16.7 Å². The molecule has 0 bridgehead atoms. The van der Waals surface area contributed by atoms with Gasteiger partial charge in [0.25, 0.3) is 0 Å². The number of rotatable bonds is 0. The first-order valence-electron chi connectivity index (χ1n) is 3.68. The van der Waals surface area contributed by atoms with Crippen molar-refractivity contribution in [3.63, 3.8) is 0 Å². The highest BCUT2D eigenvalue weighted by Gasteiger charge is 2.07. The van der Waals surface area contributed by atoms with Crippen LogP contribution < -0.4 is 0 Å². The minimum atomic E-state index is -0.376. The van der Waals surface area contributed by atoms with Crippen LogP contribution in [0, 0.1) is 35.2 Å². The Labute approximate surface area is 98.3 Å². The van der Waals surface area contributed by atoms with Crippen molar-refractivity contribution in [1.29, 1.82) is 5.26 Å². The molecular weight excluding hydrogens is 312 g/mol. The van der Waals surface area contributed by atoms with Gasteiger partial charge < -0.3 is 0 Å². The van der Waals surface area contributed by atoms with Crippen molar-refractivity contribution in [3.8, 4) is 17.2 Å². The second-order valence-electron chi connectivity index (χ2n) is 2.51. The molecule has 0 unspecified atom stereocenters. The largest absolute Gasteiger partial charge is 0.206 e. The lowest BCUT2D eigenvalue weighted by Gasteiger charge is -2.01. The fraction of sp³-hybridized carbons (Fsp3) is 0.100. The average Bonchev–Trinajstić information content (AvgIpc) is 2.18. The van der Waals surface area contributed by atoms with E-state index in [4.69, 9.17) is 5.26 Å². The molecule has 0 heterocycles. The molecule has 0 aliphatic heterocycles.